The van der Waals surface area contributed by atoms with Gasteiger partial charge in [0.15, 0.2) is 11.5 Å². The Morgan fingerprint density at radius 1 is 1.03 bits per heavy atom. The maximum Gasteiger partial charge on any atom is 0.262 e. The number of ether oxygens (including phenoxy) is 2. The zero-order valence-electron chi connectivity index (χ0n) is 16.6. The van der Waals surface area contributed by atoms with Crippen LogP contribution in [0.5, 0.6) is 11.5 Å². The van der Waals surface area contributed by atoms with Gasteiger partial charge in [0.05, 0.1) is 42.7 Å². The van der Waals surface area contributed by atoms with Crippen molar-refractivity contribution in [2.24, 2.45) is 0 Å². The van der Waals surface area contributed by atoms with Crippen LogP contribution in [0.3, 0.4) is 0 Å². The lowest BCUT2D eigenvalue weighted by Crippen LogP contribution is -2.14. The van der Waals surface area contributed by atoms with Gasteiger partial charge in [-0.1, -0.05) is 23.7 Å². The molecule has 0 amide bonds. The topological polar surface area (TPSA) is 82.5 Å². The van der Waals surface area contributed by atoms with E-state index in [4.69, 9.17) is 21.1 Å². The summed E-state index contributed by atoms with van der Waals surface area (Å²) in [7, 11) is -0.890. The first kappa shape index (κ1) is 21.0. The Kier molecular flexibility index (Phi) is 6.04. The van der Waals surface area contributed by atoms with Gasteiger partial charge in [0.25, 0.3) is 10.0 Å². The molecule has 0 atom stereocenters. The minimum Gasteiger partial charge on any atom is -0.493 e. The molecule has 1 aromatic heterocycles. The first-order valence-corrected chi connectivity index (χ1v) is 10.6. The second-order valence-corrected chi connectivity index (χ2v) is 8.57. The molecule has 0 saturated heterocycles. The molecule has 0 aliphatic heterocycles. The number of nitrogens with zero attached hydrogens (tertiary/aromatic N) is 2. The van der Waals surface area contributed by atoms with E-state index in [1.807, 2.05) is 31.2 Å². The Balaban J connectivity index is 1.89. The van der Waals surface area contributed by atoms with Crippen LogP contribution in [-0.4, -0.2) is 32.4 Å². The van der Waals surface area contributed by atoms with Crippen molar-refractivity contribution >= 4 is 27.3 Å². The largest absolute Gasteiger partial charge is 0.493 e. The highest BCUT2D eigenvalue weighted by Crippen LogP contribution is 2.31. The number of hydrogen-bond donors (Lipinski definition) is 1. The fraction of sp³-hybridized carbons (Fsp3) is 0.250. The molecule has 3 aromatic rings. The first-order valence-electron chi connectivity index (χ1n) is 8.78. The van der Waals surface area contributed by atoms with Crippen molar-refractivity contribution in [3.63, 3.8) is 0 Å². The van der Waals surface area contributed by atoms with Crippen molar-refractivity contribution in [3.05, 3.63) is 64.4 Å². The smallest absolute Gasteiger partial charge is 0.262 e. The van der Waals surface area contributed by atoms with Crippen LogP contribution in [-0.2, 0) is 16.6 Å². The second-order valence-electron chi connectivity index (χ2n) is 6.45. The Hall–Kier alpha value is -2.71. The van der Waals surface area contributed by atoms with Gasteiger partial charge in [0, 0.05) is 11.1 Å². The third-order valence-corrected chi connectivity index (χ3v) is 6.13. The van der Waals surface area contributed by atoms with Crippen molar-refractivity contribution < 1.29 is 17.9 Å². The molecule has 0 bridgehead atoms. The van der Waals surface area contributed by atoms with E-state index < -0.39 is 10.0 Å². The number of rotatable bonds is 7. The summed E-state index contributed by atoms with van der Waals surface area (Å²) in [5.74, 6) is 0.789. The summed E-state index contributed by atoms with van der Waals surface area (Å²) in [5, 5.41) is 5.14. The molecule has 9 heteroatoms. The highest BCUT2D eigenvalue weighted by atomic mass is 35.5. The molecule has 0 aliphatic carbocycles. The highest BCUT2D eigenvalue weighted by molar-refractivity contribution is 7.92. The minimum absolute atomic E-state index is 0.0689. The molecule has 154 valence electrons. The van der Waals surface area contributed by atoms with Gasteiger partial charge < -0.3 is 9.47 Å². The molecule has 0 fully saturated rings. The maximum absolute atomic E-state index is 12.9. The molecule has 3 rings (SSSR count). The number of anilines is 1. The van der Waals surface area contributed by atoms with E-state index in [0.717, 1.165) is 5.56 Å². The fourth-order valence-corrected chi connectivity index (χ4v) is 4.26. The van der Waals surface area contributed by atoms with E-state index in [0.29, 0.717) is 40.1 Å². The van der Waals surface area contributed by atoms with Gasteiger partial charge in [0.1, 0.15) is 0 Å². The van der Waals surface area contributed by atoms with Crippen LogP contribution >= 0.6 is 11.6 Å². The van der Waals surface area contributed by atoms with Gasteiger partial charge in [-0.25, -0.2) is 8.42 Å². The van der Waals surface area contributed by atoms with Gasteiger partial charge >= 0.3 is 0 Å². The number of methoxy groups -OCH3 is 2. The van der Waals surface area contributed by atoms with Crippen molar-refractivity contribution in [2.75, 3.05) is 18.9 Å². The van der Waals surface area contributed by atoms with Gasteiger partial charge in [-0.05, 0) is 43.7 Å². The molecule has 0 saturated carbocycles. The zero-order valence-corrected chi connectivity index (χ0v) is 18.1. The summed E-state index contributed by atoms with van der Waals surface area (Å²) in [6.07, 6.45) is 0. The van der Waals surface area contributed by atoms with Gasteiger partial charge in [0.2, 0.25) is 0 Å². The summed E-state index contributed by atoms with van der Waals surface area (Å²) in [5.41, 5.74) is 2.75. The number of sulfonamides is 1. The van der Waals surface area contributed by atoms with Crippen LogP contribution in [0.25, 0.3) is 0 Å². The van der Waals surface area contributed by atoms with E-state index >= 15 is 0 Å². The van der Waals surface area contributed by atoms with Crippen LogP contribution in [0.2, 0.25) is 5.02 Å². The minimum atomic E-state index is -3.84. The Morgan fingerprint density at radius 2 is 1.69 bits per heavy atom. The van der Waals surface area contributed by atoms with Crippen LogP contribution in [0.15, 0.2) is 47.4 Å². The summed E-state index contributed by atoms with van der Waals surface area (Å²) >= 11 is 5.93. The molecule has 29 heavy (non-hydrogen) atoms. The van der Waals surface area contributed by atoms with Crippen LogP contribution in [0, 0.1) is 13.8 Å². The summed E-state index contributed by atoms with van der Waals surface area (Å²) < 4.78 is 40.6. The Bertz CT molecular complexity index is 1130. The SMILES string of the molecule is COc1ccc(S(=O)(=O)Nc2c(C)nn(Cc3ccc(Cl)cc3)c2C)cc1OC. The zero-order chi connectivity index (χ0) is 21.2. The molecule has 0 unspecified atom stereocenters. The van der Waals surface area contributed by atoms with Gasteiger partial charge in [-0.15, -0.1) is 0 Å². The molecular weight excluding hydrogens is 414 g/mol. The lowest BCUT2D eigenvalue weighted by atomic mass is 10.2. The predicted molar refractivity (Wildman–Crippen MR) is 113 cm³/mol. The predicted octanol–water partition coefficient (Wildman–Crippen LogP) is 4.02. The highest BCUT2D eigenvalue weighted by Gasteiger charge is 2.21. The molecule has 7 nitrogen and oxygen atoms in total. The normalized spacial score (nSPS) is 11.3. The van der Waals surface area contributed by atoms with Gasteiger partial charge in [-0.3, -0.25) is 9.40 Å². The average Bonchev–Trinajstić information content (AvgIpc) is 2.96. The number of benzene rings is 2. The summed E-state index contributed by atoms with van der Waals surface area (Å²) in [6, 6.07) is 11.9. The van der Waals surface area contributed by atoms with Crippen LogP contribution in [0.4, 0.5) is 5.69 Å². The van der Waals surface area contributed by atoms with Crippen molar-refractivity contribution in [3.8, 4) is 11.5 Å². The lowest BCUT2D eigenvalue weighted by Gasteiger charge is -2.12. The van der Waals surface area contributed by atoms with Crippen molar-refractivity contribution in [2.45, 2.75) is 25.3 Å². The first-order chi connectivity index (χ1) is 13.7. The fourth-order valence-electron chi connectivity index (χ4n) is 2.94. The lowest BCUT2D eigenvalue weighted by molar-refractivity contribution is 0.354. The van der Waals surface area contributed by atoms with Crippen LogP contribution in [0.1, 0.15) is 17.0 Å². The second kappa shape index (κ2) is 8.34. The number of aryl methyl sites for hydroxylation is 1. The number of nitrogens with one attached hydrogen (secondary N) is 1. The van der Waals surface area contributed by atoms with Gasteiger partial charge in [-0.2, -0.15) is 5.10 Å². The van der Waals surface area contributed by atoms with E-state index in [1.165, 1.54) is 26.4 Å². The van der Waals surface area contributed by atoms with E-state index in [2.05, 4.69) is 9.82 Å². The third-order valence-electron chi connectivity index (χ3n) is 4.53. The van der Waals surface area contributed by atoms with E-state index in [-0.39, 0.29) is 4.90 Å². The molecule has 1 N–H and O–H groups in total. The number of halogens is 1. The Morgan fingerprint density at radius 3 is 2.31 bits per heavy atom. The summed E-state index contributed by atoms with van der Waals surface area (Å²) in [6.45, 7) is 4.09. The summed E-state index contributed by atoms with van der Waals surface area (Å²) in [4.78, 5) is 0.0689. The monoisotopic (exact) mass is 435 g/mol. The third kappa shape index (κ3) is 4.49. The standard InChI is InChI=1S/C20H22ClN3O4S/c1-13-20(14(2)24(22-13)12-15-5-7-16(21)8-6-15)23-29(25,26)17-9-10-18(27-3)19(11-17)28-4/h5-11,23H,12H2,1-4H3. The number of aromatic nitrogens is 2. The molecule has 0 spiro atoms. The molecular formula is C20H22ClN3O4S. The molecule has 2 aromatic carbocycles. The number of hydrogen-bond acceptors (Lipinski definition) is 5. The Labute approximate surface area is 175 Å². The van der Waals surface area contributed by atoms with Crippen molar-refractivity contribution in [1.82, 2.24) is 9.78 Å². The molecule has 0 radical (unpaired) electrons. The van der Waals surface area contributed by atoms with Crippen molar-refractivity contribution in [1.29, 1.82) is 0 Å². The van der Waals surface area contributed by atoms with Crippen LogP contribution < -0.4 is 14.2 Å². The molecule has 0 aliphatic rings. The maximum atomic E-state index is 12.9. The quantitative estimate of drug-likeness (QED) is 0.606. The average molecular weight is 436 g/mol. The van der Waals surface area contributed by atoms with E-state index in [1.54, 1.807) is 17.7 Å². The van der Waals surface area contributed by atoms with E-state index in [9.17, 15) is 8.42 Å². The molecule has 1 heterocycles.